The summed E-state index contributed by atoms with van der Waals surface area (Å²) in [5.41, 5.74) is 1.41. The number of ether oxygens (including phenoxy) is 1. The highest BCUT2D eigenvalue weighted by Crippen LogP contribution is 2.35. The zero-order chi connectivity index (χ0) is 14.7. The number of hydrogen-bond acceptors (Lipinski definition) is 4. The summed E-state index contributed by atoms with van der Waals surface area (Å²) in [4.78, 5) is 34.5. The Morgan fingerprint density at radius 2 is 1.95 bits per heavy atom. The summed E-state index contributed by atoms with van der Waals surface area (Å²) in [6.45, 7) is 0. The number of nitrogens with one attached hydrogen (secondary N) is 1. The summed E-state index contributed by atoms with van der Waals surface area (Å²) in [5.74, 6) is -1.34. The van der Waals surface area contributed by atoms with Crippen LogP contribution in [0.2, 0.25) is 0 Å². The van der Waals surface area contributed by atoms with Gasteiger partial charge in [-0.1, -0.05) is 0 Å². The first-order chi connectivity index (χ1) is 9.56. The van der Waals surface area contributed by atoms with Crippen LogP contribution in [0.4, 0.5) is 5.69 Å². The number of hydrogen-bond donors (Lipinski definition) is 1. The molecule has 0 saturated carbocycles. The van der Waals surface area contributed by atoms with Gasteiger partial charge in [-0.25, -0.2) is 0 Å². The highest BCUT2D eigenvalue weighted by molar-refractivity contribution is 6.31. The minimum absolute atomic E-state index is 0.152. The maximum atomic E-state index is 11.8. The van der Waals surface area contributed by atoms with Crippen LogP contribution in [-0.4, -0.2) is 29.4 Å². The Kier molecular flexibility index (Phi) is 4.62. The van der Waals surface area contributed by atoms with Crippen molar-refractivity contribution in [3.8, 4) is 5.75 Å². The molecule has 1 heterocycles. The molecule has 1 aliphatic heterocycles. The summed E-state index contributed by atoms with van der Waals surface area (Å²) >= 11 is 10.9. The minimum atomic E-state index is -0.634. The second-order valence-corrected chi connectivity index (χ2v) is 4.71. The largest absolute Gasteiger partial charge is 0.423 e. The van der Waals surface area contributed by atoms with Gasteiger partial charge in [0.2, 0.25) is 5.91 Å². The first-order valence-electron chi connectivity index (χ1n) is 5.88. The van der Waals surface area contributed by atoms with Gasteiger partial charge in [-0.15, -0.1) is 23.2 Å². The standard InChI is InChI=1S/C13H11Cl2NO4/c14-5-9(17)7-1-3-10(20-12(19)6-15)13-8(7)2-4-11(18)16-13/h1,3H,2,4-6H2,(H,16,18). The number of alkyl halides is 2. The summed E-state index contributed by atoms with van der Waals surface area (Å²) < 4.78 is 5.05. The Bertz CT molecular complexity index is 586. The van der Waals surface area contributed by atoms with E-state index >= 15 is 0 Å². The van der Waals surface area contributed by atoms with Gasteiger partial charge in [0.15, 0.2) is 11.5 Å². The van der Waals surface area contributed by atoms with Crippen molar-refractivity contribution in [3.63, 3.8) is 0 Å². The number of halogens is 2. The molecule has 1 aromatic carbocycles. The number of carbonyl (C=O) groups excluding carboxylic acids is 3. The lowest BCUT2D eigenvalue weighted by Crippen LogP contribution is -2.23. The smallest absolute Gasteiger partial charge is 0.326 e. The van der Waals surface area contributed by atoms with Crippen LogP contribution in [0.1, 0.15) is 22.3 Å². The molecular weight excluding hydrogens is 305 g/mol. The molecule has 0 radical (unpaired) electrons. The normalized spacial score (nSPS) is 13.4. The Morgan fingerprint density at radius 1 is 1.20 bits per heavy atom. The van der Waals surface area contributed by atoms with E-state index in [9.17, 15) is 14.4 Å². The van der Waals surface area contributed by atoms with E-state index in [1.54, 1.807) is 0 Å². The molecule has 2 rings (SSSR count). The minimum Gasteiger partial charge on any atom is -0.423 e. The van der Waals surface area contributed by atoms with E-state index in [4.69, 9.17) is 27.9 Å². The zero-order valence-corrected chi connectivity index (χ0v) is 11.9. The molecule has 106 valence electrons. The fourth-order valence-corrected chi connectivity index (χ4v) is 2.23. The van der Waals surface area contributed by atoms with Crippen LogP contribution in [-0.2, 0) is 16.0 Å². The number of fused-ring (bicyclic) bond motifs is 1. The third-order valence-electron chi connectivity index (χ3n) is 2.90. The number of benzene rings is 1. The van der Waals surface area contributed by atoms with Gasteiger partial charge in [0.1, 0.15) is 5.88 Å². The molecule has 0 saturated heterocycles. The van der Waals surface area contributed by atoms with Crippen LogP contribution in [0.5, 0.6) is 5.75 Å². The molecule has 0 atom stereocenters. The molecule has 1 aliphatic rings. The fourth-order valence-electron chi connectivity index (χ4n) is 2.03. The van der Waals surface area contributed by atoms with Crippen molar-refractivity contribution in [2.24, 2.45) is 0 Å². The van der Waals surface area contributed by atoms with Gasteiger partial charge in [0.25, 0.3) is 0 Å². The topological polar surface area (TPSA) is 72.5 Å². The molecule has 20 heavy (non-hydrogen) atoms. The van der Waals surface area contributed by atoms with E-state index < -0.39 is 5.97 Å². The van der Waals surface area contributed by atoms with Crippen molar-refractivity contribution in [2.45, 2.75) is 12.8 Å². The first-order valence-corrected chi connectivity index (χ1v) is 6.95. The number of ketones is 1. The molecule has 0 spiro atoms. The van der Waals surface area contributed by atoms with Gasteiger partial charge < -0.3 is 10.1 Å². The first kappa shape index (κ1) is 14.8. The van der Waals surface area contributed by atoms with Crippen molar-refractivity contribution in [2.75, 3.05) is 17.1 Å². The van der Waals surface area contributed by atoms with E-state index in [0.29, 0.717) is 23.2 Å². The van der Waals surface area contributed by atoms with E-state index in [-0.39, 0.29) is 35.6 Å². The number of Topliss-reactive ketones (excluding diaryl/α,β-unsaturated/α-hetero) is 1. The van der Waals surface area contributed by atoms with Crippen LogP contribution >= 0.6 is 23.2 Å². The van der Waals surface area contributed by atoms with E-state index in [1.807, 2.05) is 0 Å². The molecular formula is C13H11Cl2NO4. The lowest BCUT2D eigenvalue weighted by atomic mass is 9.94. The average molecular weight is 316 g/mol. The Morgan fingerprint density at radius 3 is 2.60 bits per heavy atom. The molecule has 1 aromatic rings. The number of esters is 1. The van der Waals surface area contributed by atoms with Crippen molar-refractivity contribution in [3.05, 3.63) is 23.3 Å². The van der Waals surface area contributed by atoms with Crippen LogP contribution in [0.3, 0.4) is 0 Å². The zero-order valence-electron chi connectivity index (χ0n) is 10.4. The maximum Gasteiger partial charge on any atom is 0.326 e. The third kappa shape index (κ3) is 2.94. The van der Waals surface area contributed by atoms with E-state index in [0.717, 1.165) is 0 Å². The summed E-state index contributed by atoms with van der Waals surface area (Å²) in [7, 11) is 0. The van der Waals surface area contributed by atoms with Crippen LogP contribution < -0.4 is 10.1 Å². The van der Waals surface area contributed by atoms with Gasteiger partial charge in [0.05, 0.1) is 11.6 Å². The molecule has 0 unspecified atom stereocenters. The molecule has 0 bridgehead atoms. The maximum absolute atomic E-state index is 11.8. The fraction of sp³-hybridized carbons (Fsp3) is 0.308. The molecule has 0 fully saturated rings. The lowest BCUT2D eigenvalue weighted by molar-refractivity contribution is -0.131. The van der Waals surface area contributed by atoms with Crippen molar-refractivity contribution >= 4 is 46.5 Å². The molecule has 1 N–H and O–H groups in total. The Hall–Kier alpha value is -1.59. The Balaban J connectivity index is 2.48. The highest BCUT2D eigenvalue weighted by atomic mass is 35.5. The lowest BCUT2D eigenvalue weighted by Gasteiger charge is -2.21. The summed E-state index contributed by atoms with van der Waals surface area (Å²) in [6.07, 6.45) is 0.661. The summed E-state index contributed by atoms with van der Waals surface area (Å²) in [5, 5.41) is 2.62. The summed E-state index contributed by atoms with van der Waals surface area (Å²) in [6, 6.07) is 2.99. The quantitative estimate of drug-likeness (QED) is 0.400. The van der Waals surface area contributed by atoms with Gasteiger partial charge in [-0.2, -0.15) is 0 Å². The number of amides is 1. The highest BCUT2D eigenvalue weighted by Gasteiger charge is 2.25. The second kappa shape index (κ2) is 6.24. The van der Waals surface area contributed by atoms with Crippen molar-refractivity contribution in [1.82, 2.24) is 0 Å². The van der Waals surface area contributed by atoms with Gasteiger partial charge >= 0.3 is 5.97 Å². The monoisotopic (exact) mass is 315 g/mol. The number of anilines is 1. The van der Waals surface area contributed by atoms with Crippen LogP contribution in [0.15, 0.2) is 12.1 Å². The van der Waals surface area contributed by atoms with Crippen molar-refractivity contribution < 1.29 is 19.1 Å². The molecule has 7 heteroatoms. The SMILES string of the molecule is O=C1CCc2c(C(=O)CCl)ccc(OC(=O)CCl)c2N1. The Labute approximate surface area is 125 Å². The van der Waals surface area contributed by atoms with E-state index in [1.165, 1.54) is 12.1 Å². The second-order valence-electron chi connectivity index (χ2n) is 4.18. The molecule has 5 nitrogen and oxygen atoms in total. The van der Waals surface area contributed by atoms with Gasteiger partial charge in [0, 0.05) is 12.0 Å². The van der Waals surface area contributed by atoms with Gasteiger partial charge in [-0.05, 0) is 24.1 Å². The molecule has 1 amide bonds. The predicted molar refractivity (Wildman–Crippen MR) is 74.8 cm³/mol. The molecule has 0 aromatic heterocycles. The van der Waals surface area contributed by atoms with Gasteiger partial charge in [-0.3, -0.25) is 14.4 Å². The van der Waals surface area contributed by atoms with Crippen LogP contribution in [0, 0.1) is 0 Å². The predicted octanol–water partition coefficient (Wildman–Crippen LogP) is 2.14. The molecule has 0 aliphatic carbocycles. The average Bonchev–Trinajstić information content (AvgIpc) is 2.46. The van der Waals surface area contributed by atoms with Crippen LogP contribution in [0.25, 0.3) is 0 Å². The van der Waals surface area contributed by atoms with Crippen molar-refractivity contribution in [1.29, 1.82) is 0 Å². The number of rotatable bonds is 4. The third-order valence-corrected chi connectivity index (χ3v) is 3.36. The number of carbonyl (C=O) groups is 3. The van der Waals surface area contributed by atoms with E-state index in [2.05, 4.69) is 5.32 Å².